The van der Waals surface area contributed by atoms with Crippen LogP contribution in [-0.2, 0) is 0 Å². The topological polar surface area (TPSA) is 55.1 Å². The van der Waals surface area contributed by atoms with E-state index in [0.29, 0.717) is 5.56 Å². The maximum absolute atomic E-state index is 12.3. The minimum Gasteiger partial charge on any atom is -0.361 e. The number of amides is 1. The van der Waals surface area contributed by atoms with Crippen molar-refractivity contribution in [3.63, 3.8) is 0 Å². The molecule has 0 spiro atoms. The second-order valence-electron chi connectivity index (χ2n) is 5.43. The van der Waals surface area contributed by atoms with E-state index in [1.54, 1.807) is 12.1 Å². The summed E-state index contributed by atoms with van der Waals surface area (Å²) < 4.78 is 5.18. The van der Waals surface area contributed by atoms with Gasteiger partial charge in [0.2, 0.25) is 0 Å². The summed E-state index contributed by atoms with van der Waals surface area (Å²) in [6, 6.07) is 14.8. The number of hydrogen-bond donors (Lipinski definition) is 1. The highest BCUT2D eigenvalue weighted by Gasteiger charge is 2.12. The van der Waals surface area contributed by atoms with Crippen LogP contribution in [0.15, 0.2) is 53.1 Å². The molecule has 0 aliphatic rings. The molecular formula is C19H17N2O2. The fourth-order valence-corrected chi connectivity index (χ4v) is 2.47. The Morgan fingerprint density at radius 1 is 1.04 bits per heavy atom. The van der Waals surface area contributed by atoms with E-state index in [1.807, 2.05) is 50.2 Å². The van der Waals surface area contributed by atoms with Gasteiger partial charge in [-0.25, -0.2) is 0 Å². The summed E-state index contributed by atoms with van der Waals surface area (Å²) in [6.45, 7) is 7.60. The third-order valence-electron chi connectivity index (χ3n) is 3.68. The van der Waals surface area contributed by atoms with E-state index in [1.165, 1.54) is 0 Å². The minimum absolute atomic E-state index is 0.146. The molecule has 0 aliphatic carbocycles. The van der Waals surface area contributed by atoms with Crippen molar-refractivity contribution in [1.82, 2.24) is 5.16 Å². The van der Waals surface area contributed by atoms with Gasteiger partial charge in [0.15, 0.2) is 0 Å². The molecule has 0 atom stereocenters. The number of carbonyl (C=O) groups is 1. The number of rotatable bonds is 3. The number of nitrogens with one attached hydrogen (secondary N) is 1. The Morgan fingerprint density at radius 2 is 1.70 bits per heavy atom. The molecule has 23 heavy (non-hydrogen) atoms. The minimum atomic E-state index is -0.146. The first kappa shape index (κ1) is 15.0. The van der Waals surface area contributed by atoms with Gasteiger partial charge in [-0.15, -0.1) is 0 Å². The molecule has 4 heteroatoms. The van der Waals surface area contributed by atoms with Crippen LogP contribution in [0.4, 0.5) is 5.69 Å². The average Bonchev–Trinajstić information content (AvgIpc) is 2.88. The van der Waals surface area contributed by atoms with Gasteiger partial charge in [-0.2, -0.15) is 0 Å². The van der Waals surface area contributed by atoms with E-state index < -0.39 is 0 Å². The van der Waals surface area contributed by atoms with Crippen LogP contribution < -0.4 is 5.32 Å². The second-order valence-corrected chi connectivity index (χ2v) is 5.43. The zero-order valence-electron chi connectivity index (χ0n) is 13.1. The lowest BCUT2D eigenvalue weighted by atomic mass is 10.0. The Hall–Kier alpha value is -2.88. The molecular weight excluding hydrogens is 288 g/mol. The molecule has 1 aromatic heterocycles. The Labute approximate surface area is 135 Å². The monoisotopic (exact) mass is 305 g/mol. The van der Waals surface area contributed by atoms with Gasteiger partial charge in [0, 0.05) is 16.8 Å². The van der Waals surface area contributed by atoms with Crippen LogP contribution in [0, 0.1) is 20.8 Å². The molecule has 1 heterocycles. The predicted octanol–water partition coefficient (Wildman–Crippen LogP) is 4.39. The normalized spacial score (nSPS) is 10.6. The standard InChI is InChI=1S/C19H17N2O2/c1-12-4-10-17(11-5-12)20-19(22)16-8-6-15(7-9-16)18-13(2)21-23-14(18)3/h4-11H,1H2,2-3H3,(H,20,22). The van der Waals surface area contributed by atoms with Crippen LogP contribution in [0.1, 0.15) is 27.4 Å². The quantitative estimate of drug-likeness (QED) is 0.780. The Kier molecular flexibility index (Phi) is 3.98. The SMILES string of the molecule is [CH2]c1ccc(NC(=O)c2ccc(-c3c(C)noc3C)cc2)cc1. The highest BCUT2D eigenvalue weighted by atomic mass is 16.5. The Bertz CT molecular complexity index is 811. The first-order valence-corrected chi connectivity index (χ1v) is 7.31. The molecule has 1 amide bonds. The van der Waals surface area contributed by atoms with Gasteiger partial charge in [-0.1, -0.05) is 29.4 Å². The maximum atomic E-state index is 12.3. The molecule has 0 fully saturated rings. The molecule has 115 valence electrons. The van der Waals surface area contributed by atoms with Gasteiger partial charge >= 0.3 is 0 Å². The summed E-state index contributed by atoms with van der Waals surface area (Å²) in [5.74, 6) is 0.625. The largest absolute Gasteiger partial charge is 0.361 e. The molecule has 0 unspecified atom stereocenters. The molecule has 4 nitrogen and oxygen atoms in total. The Morgan fingerprint density at radius 3 is 2.26 bits per heavy atom. The molecule has 0 bridgehead atoms. The van der Waals surface area contributed by atoms with Crippen molar-refractivity contribution in [2.45, 2.75) is 13.8 Å². The predicted molar refractivity (Wildman–Crippen MR) is 90.3 cm³/mol. The van der Waals surface area contributed by atoms with Crippen molar-refractivity contribution in [3.05, 3.63) is 78.0 Å². The van der Waals surface area contributed by atoms with E-state index >= 15 is 0 Å². The van der Waals surface area contributed by atoms with Crippen molar-refractivity contribution < 1.29 is 9.32 Å². The first-order chi connectivity index (χ1) is 11.0. The van der Waals surface area contributed by atoms with Crippen LogP contribution >= 0.6 is 0 Å². The lowest BCUT2D eigenvalue weighted by molar-refractivity contribution is 0.102. The number of aryl methyl sites for hydroxylation is 2. The molecule has 0 saturated heterocycles. The third-order valence-corrected chi connectivity index (χ3v) is 3.68. The summed E-state index contributed by atoms with van der Waals surface area (Å²) in [4.78, 5) is 12.3. The highest BCUT2D eigenvalue weighted by Crippen LogP contribution is 2.27. The summed E-state index contributed by atoms with van der Waals surface area (Å²) in [7, 11) is 0. The summed E-state index contributed by atoms with van der Waals surface area (Å²) in [5, 5.41) is 6.82. The van der Waals surface area contributed by atoms with E-state index in [2.05, 4.69) is 17.4 Å². The van der Waals surface area contributed by atoms with E-state index in [-0.39, 0.29) is 5.91 Å². The zero-order valence-corrected chi connectivity index (χ0v) is 13.1. The van der Waals surface area contributed by atoms with Gasteiger partial charge in [0.1, 0.15) is 5.76 Å². The van der Waals surface area contributed by atoms with Gasteiger partial charge < -0.3 is 9.84 Å². The molecule has 1 N–H and O–H groups in total. The maximum Gasteiger partial charge on any atom is 0.255 e. The first-order valence-electron chi connectivity index (χ1n) is 7.31. The molecule has 3 rings (SSSR count). The fourth-order valence-electron chi connectivity index (χ4n) is 2.47. The number of benzene rings is 2. The van der Waals surface area contributed by atoms with Gasteiger partial charge in [0.25, 0.3) is 5.91 Å². The van der Waals surface area contributed by atoms with E-state index in [4.69, 9.17) is 4.52 Å². The van der Waals surface area contributed by atoms with Crippen molar-refractivity contribution in [2.24, 2.45) is 0 Å². The Balaban J connectivity index is 1.79. The van der Waals surface area contributed by atoms with Crippen LogP contribution in [0.2, 0.25) is 0 Å². The van der Waals surface area contributed by atoms with Crippen LogP contribution in [0.3, 0.4) is 0 Å². The van der Waals surface area contributed by atoms with Crippen LogP contribution in [0.5, 0.6) is 0 Å². The van der Waals surface area contributed by atoms with Gasteiger partial charge in [-0.3, -0.25) is 4.79 Å². The molecule has 1 radical (unpaired) electrons. The van der Waals surface area contributed by atoms with Crippen molar-refractivity contribution in [2.75, 3.05) is 5.32 Å². The lowest BCUT2D eigenvalue weighted by Crippen LogP contribution is -2.11. The third kappa shape index (κ3) is 3.16. The number of carbonyl (C=O) groups excluding carboxylic acids is 1. The van der Waals surface area contributed by atoms with Crippen molar-refractivity contribution >= 4 is 11.6 Å². The number of nitrogens with zero attached hydrogens (tertiary/aromatic N) is 1. The average molecular weight is 305 g/mol. The van der Waals surface area contributed by atoms with Gasteiger partial charge in [-0.05, 0) is 56.2 Å². The number of aromatic nitrogens is 1. The van der Waals surface area contributed by atoms with Gasteiger partial charge in [0.05, 0.1) is 5.69 Å². The second kappa shape index (κ2) is 6.08. The van der Waals surface area contributed by atoms with Crippen LogP contribution in [-0.4, -0.2) is 11.1 Å². The zero-order chi connectivity index (χ0) is 16.4. The van der Waals surface area contributed by atoms with Crippen molar-refractivity contribution in [3.8, 4) is 11.1 Å². The summed E-state index contributed by atoms with van der Waals surface area (Å²) in [6.07, 6.45) is 0. The number of anilines is 1. The molecule has 0 saturated carbocycles. The fraction of sp³-hybridized carbons (Fsp3) is 0.105. The van der Waals surface area contributed by atoms with Crippen LogP contribution in [0.25, 0.3) is 11.1 Å². The smallest absolute Gasteiger partial charge is 0.255 e. The molecule has 3 aromatic rings. The molecule has 0 aliphatic heterocycles. The van der Waals surface area contributed by atoms with Crippen molar-refractivity contribution in [1.29, 1.82) is 0 Å². The van der Waals surface area contributed by atoms with E-state index in [9.17, 15) is 4.79 Å². The summed E-state index contributed by atoms with van der Waals surface area (Å²) in [5.41, 5.74) is 5.05. The number of hydrogen-bond acceptors (Lipinski definition) is 3. The summed E-state index contributed by atoms with van der Waals surface area (Å²) >= 11 is 0. The lowest BCUT2D eigenvalue weighted by Gasteiger charge is -2.07. The highest BCUT2D eigenvalue weighted by molar-refractivity contribution is 6.04. The van der Waals surface area contributed by atoms with E-state index in [0.717, 1.165) is 33.8 Å². The molecule has 2 aromatic carbocycles.